The summed E-state index contributed by atoms with van der Waals surface area (Å²) in [5.41, 5.74) is 2.23. The van der Waals surface area contributed by atoms with Crippen LogP contribution in [-0.4, -0.2) is 32.6 Å². The summed E-state index contributed by atoms with van der Waals surface area (Å²) in [6.45, 7) is 1.03. The number of thiazole rings is 1. The maximum Gasteiger partial charge on any atom is 0.333 e. The molecule has 26 heavy (non-hydrogen) atoms. The van der Waals surface area contributed by atoms with Gasteiger partial charge in [0, 0.05) is 35.5 Å². The molecule has 0 unspecified atom stereocenters. The Kier molecular flexibility index (Phi) is 4.29. The molecule has 0 bridgehead atoms. The summed E-state index contributed by atoms with van der Waals surface area (Å²) >= 11 is 1.29. The summed E-state index contributed by atoms with van der Waals surface area (Å²) in [5, 5.41) is 5.77. The molecule has 2 amide bonds. The minimum Gasteiger partial charge on any atom is -0.493 e. The molecule has 0 saturated carbocycles. The van der Waals surface area contributed by atoms with E-state index in [9.17, 15) is 13.2 Å². The Bertz CT molecular complexity index is 952. The van der Waals surface area contributed by atoms with E-state index >= 15 is 0 Å². The van der Waals surface area contributed by atoms with E-state index in [0.717, 1.165) is 23.0 Å². The third-order valence-corrected chi connectivity index (χ3v) is 5.67. The molecule has 1 aromatic heterocycles. The number of aromatic nitrogens is 1. The Morgan fingerprint density at radius 1 is 1.27 bits per heavy atom. The summed E-state index contributed by atoms with van der Waals surface area (Å²) in [6.07, 6.45) is 4.24. The van der Waals surface area contributed by atoms with E-state index in [2.05, 4.69) is 10.3 Å². The lowest BCUT2D eigenvalue weighted by atomic mass is 10.0. The number of nitrogens with zero attached hydrogens (tertiary/aromatic N) is 1. The number of fused-ring (bicyclic) bond motifs is 2. The molecule has 4 rings (SSSR count). The Morgan fingerprint density at radius 2 is 2.12 bits per heavy atom. The van der Waals surface area contributed by atoms with Gasteiger partial charge in [-0.3, -0.25) is 0 Å². The van der Waals surface area contributed by atoms with Gasteiger partial charge in [0.05, 0.1) is 24.3 Å². The second-order valence-electron chi connectivity index (χ2n) is 5.69. The first-order valence-corrected chi connectivity index (χ1v) is 10.3. The fourth-order valence-electron chi connectivity index (χ4n) is 2.88. The molecule has 0 fully saturated rings. The second-order valence-corrected chi connectivity index (χ2v) is 8.18. The molecular formula is C16H15N3O5S2. The number of ether oxygens (including phenoxy) is 2. The number of hydrogen-bond donors (Lipinski definition) is 2. The van der Waals surface area contributed by atoms with Gasteiger partial charge in [-0.25, -0.2) is 22.9 Å². The van der Waals surface area contributed by atoms with Crippen molar-refractivity contribution < 1.29 is 22.7 Å². The number of urea groups is 1. The molecule has 0 aliphatic carbocycles. The van der Waals surface area contributed by atoms with E-state index in [0.29, 0.717) is 41.8 Å². The first-order chi connectivity index (χ1) is 12.5. The maximum absolute atomic E-state index is 12.2. The predicted octanol–water partition coefficient (Wildman–Crippen LogP) is 2.14. The average Bonchev–Trinajstić information content (AvgIpc) is 3.33. The standard InChI is InChI=1S/C16H15N3O5S2/c20-16(19-26(21,22)8-3-13-17-4-7-25-13)18-14-11-2-6-23-12(11)9-10-1-5-24-15(10)14/h3-4,7-9H,1-2,5-6H2,(H2,18,19,20)/b8-3+. The first kappa shape index (κ1) is 16.9. The highest BCUT2D eigenvalue weighted by Crippen LogP contribution is 2.44. The Balaban J connectivity index is 1.52. The van der Waals surface area contributed by atoms with Crippen LogP contribution in [0, 0.1) is 0 Å². The summed E-state index contributed by atoms with van der Waals surface area (Å²) in [4.78, 5) is 16.2. The number of carbonyl (C=O) groups excluding carboxylic acids is 1. The minimum absolute atomic E-state index is 0.476. The zero-order valence-corrected chi connectivity index (χ0v) is 15.2. The van der Waals surface area contributed by atoms with Gasteiger partial charge in [0.25, 0.3) is 10.0 Å². The summed E-state index contributed by atoms with van der Waals surface area (Å²) in [5.74, 6) is 1.29. The fraction of sp³-hybridized carbons (Fsp3) is 0.250. The summed E-state index contributed by atoms with van der Waals surface area (Å²) in [7, 11) is -3.95. The van der Waals surface area contributed by atoms with Crippen molar-refractivity contribution in [2.75, 3.05) is 18.5 Å². The lowest BCUT2D eigenvalue weighted by molar-refractivity contribution is 0.256. The minimum atomic E-state index is -3.95. The summed E-state index contributed by atoms with van der Waals surface area (Å²) < 4.78 is 37.3. The SMILES string of the molecule is O=C(Nc1c2c(cc3c1OCC3)OCC2)NS(=O)(=O)/C=C/c1nccs1. The third kappa shape index (κ3) is 3.37. The quantitative estimate of drug-likeness (QED) is 0.824. The van der Waals surface area contributed by atoms with Crippen molar-refractivity contribution in [3.63, 3.8) is 0 Å². The Labute approximate surface area is 153 Å². The van der Waals surface area contributed by atoms with Crippen molar-refractivity contribution in [2.45, 2.75) is 12.8 Å². The van der Waals surface area contributed by atoms with Crippen LogP contribution in [0.1, 0.15) is 16.1 Å². The predicted molar refractivity (Wildman–Crippen MR) is 97.1 cm³/mol. The van der Waals surface area contributed by atoms with Gasteiger partial charge < -0.3 is 14.8 Å². The van der Waals surface area contributed by atoms with Crippen LogP contribution in [0.2, 0.25) is 0 Å². The van der Waals surface area contributed by atoms with E-state index in [1.165, 1.54) is 17.4 Å². The molecule has 8 nitrogen and oxygen atoms in total. The zero-order valence-electron chi connectivity index (χ0n) is 13.5. The number of nitrogens with one attached hydrogen (secondary N) is 2. The van der Waals surface area contributed by atoms with Crippen LogP contribution in [0.3, 0.4) is 0 Å². The molecule has 0 radical (unpaired) electrons. The average molecular weight is 393 g/mol. The normalized spacial score (nSPS) is 15.2. The molecule has 2 aliphatic heterocycles. The van der Waals surface area contributed by atoms with Gasteiger partial charge in [-0.1, -0.05) is 0 Å². The van der Waals surface area contributed by atoms with Gasteiger partial charge in [-0.2, -0.15) is 0 Å². The Morgan fingerprint density at radius 3 is 2.92 bits per heavy atom. The van der Waals surface area contributed by atoms with Gasteiger partial charge in [0.2, 0.25) is 0 Å². The van der Waals surface area contributed by atoms with E-state index in [1.54, 1.807) is 11.6 Å². The van der Waals surface area contributed by atoms with Gasteiger partial charge in [-0.05, 0) is 12.1 Å². The molecule has 136 valence electrons. The molecule has 0 spiro atoms. The fourth-order valence-corrected chi connectivity index (χ4v) is 4.19. The van der Waals surface area contributed by atoms with Crippen LogP contribution in [0.25, 0.3) is 6.08 Å². The number of rotatable bonds is 4. The van der Waals surface area contributed by atoms with Gasteiger partial charge in [0.1, 0.15) is 16.5 Å². The molecule has 1 aromatic carbocycles. The number of carbonyl (C=O) groups is 1. The van der Waals surface area contributed by atoms with Crippen molar-refractivity contribution >= 4 is 39.2 Å². The highest BCUT2D eigenvalue weighted by Gasteiger charge is 2.28. The molecule has 2 aliphatic rings. The van der Waals surface area contributed by atoms with E-state index < -0.39 is 16.1 Å². The number of sulfonamides is 1. The van der Waals surface area contributed by atoms with Crippen LogP contribution in [0.4, 0.5) is 10.5 Å². The van der Waals surface area contributed by atoms with Crippen LogP contribution in [0.15, 0.2) is 23.1 Å². The highest BCUT2D eigenvalue weighted by molar-refractivity contribution is 7.93. The molecule has 2 aromatic rings. The van der Waals surface area contributed by atoms with E-state index in [-0.39, 0.29) is 0 Å². The van der Waals surface area contributed by atoms with Gasteiger partial charge >= 0.3 is 6.03 Å². The lowest BCUT2D eigenvalue weighted by Crippen LogP contribution is -2.33. The van der Waals surface area contributed by atoms with Crippen LogP contribution in [0.5, 0.6) is 11.5 Å². The van der Waals surface area contributed by atoms with Crippen molar-refractivity contribution in [2.24, 2.45) is 0 Å². The lowest BCUT2D eigenvalue weighted by Gasteiger charge is -2.14. The molecule has 0 atom stereocenters. The van der Waals surface area contributed by atoms with Gasteiger partial charge in [-0.15, -0.1) is 11.3 Å². The van der Waals surface area contributed by atoms with Crippen molar-refractivity contribution in [1.29, 1.82) is 0 Å². The second kappa shape index (κ2) is 6.61. The molecule has 3 heterocycles. The van der Waals surface area contributed by atoms with E-state index in [4.69, 9.17) is 9.47 Å². The van der Waals surface area contributed by atoms with Crippen molar-refractivity contribution in [1.82, 2.24) is 9.71 Å². The van der Waals surface area contributed by atoms with Crippen molar-refractivity contribution in [3.8, 4) is 11.5 Å². The molecule has 10 heteroatoms. The van der Waals surface area contributed by atoms with Crippen LogP contribution < -0.4 is 19.5 Å². The number of anilines is 1. The third-order valence-electron chi connectivity index (χ3n) is 3.97. The topological polar surface area (TPSA) is 107 Å². The molecular weight excluding hydrogens is 378 g/mol. The zero-order chi connectivity index (χ0) is 18.1. The van der Waals surface area contributed by atoms with Crippen molar-refractivity contribution in [3.05, 3.63) is 39.2 Å². The highest BCUT2D eigenvalue weighted by atomic mass is 32.2. The van der Waals surface area contributed by atoms with E-state index in [1.807, 2.05) is 10.8 Å². The number of benzene rings is 1. The monoisotopic (exact) mass is 393 g/mol. The smallest absolute Gasteiger partial charge is 0.333 e. The first-order valence-electron chi connectivity index (χ1n) is 7.87. The summed E-state index contributed by atoms with van der Waals surface area (Å²) in [6, 6.07) is 1.06. The largest absolute Gasteiger partial charge is 0.493 e. The molecule has 0 saturated heterocycles. The number of hydrogen-bond acceptors (Lipinski definition) is 7. The van der Waals surface area contributed by atoms with Gasteiger partial charge in [0.15, 0.2) is 0 Å². The molecule has 2 N–H and O–H groups in total. The Hall–Kier alpha value is -2.59. The van der Waals surface area contributed by atoms with Crippen LogP contribution in [-0.2, 0) is 22.9 Å². The maximum atomic E-state index is 12.2. The van der Waals surface area contributed by atoms with Crippen LogP contribution >= 0.6 is 11.3 Å². The number of amides is 2.